The number of hydrogen-bond acceptors (Lipinski definition) is 4. The minimum Gasteiger partial charge on any atom is -0.379 e. The Morgan fingerprint density at radius 3 is 2.32 bits per heavy atom. The van der Waals surface area contributed by atoms with Crippen LogP contribution in [0.2, 0.25) is 0 Å². The molecule has 1 N–H and O–H groups in total. The highest BCUT2D eigenvalue weighted by atomic mass is 32.2. The second kappa shape index (κ2) is 9.60. The van der Waals surface area contributed by atoms with Gasteiger partial charge in [0.1, 0.15) is 5.82 Å². The average Bonchev–Trinajstić information content (AvgIpc) is 2.71. The molecule has 1 fully saturated rings. The molecule has 1 atom stereocenters. The number of benzene rings is 2. The summed E-state index contributed by atoms with van der Waals surface area (Å²) in [6, 6.07) is 13.1. The third-order valence-corrected chi connectivity index (χ3v) is 6.42. The zero-order valence-electron chi connectivity index (χ0n) is 16.1. The van der Waals surface area contributed by atoms with E-state index < -0.39 is 10.0 Å². The summed E-state index contributed by atoms with van der Waals surface area (Å²) in [6.07, 6.45) is 1.95. The van der Waals surface area contributed by atoms with Crippen molar-refractivity contribution in [2.24, 2.45) is 0 Å². The second-order valence-corrected chi connectivity index (χ2v) is 8.73. The number of rotatable bonds is 8. The molecule has 1 aliphatic rings. The third kappa shape index (κ3) is 5.38. The van der Waals surface area contributed by atoms with Crippen LogP contribution in [0.1, 0.15) is 30.5 Å². The average molecular weight is 407 g/mol. The third-order valence-electron chi connectivity index (χ3n) is 4.98. The zero-order valence-corrected chi connectivity index (χ0v) is 16.9. The maximum absolute atomic E-state index is 13.3. The molecule has 2 aromatic carbocycles. The Morgan fingerprint density at radius 2 is 1.71 bits per heavy atom. The molecule has 0 spiro atoms. The summed E-state index contributed by atoms with van der Waals surface area (Å²) < 4.78 is 47.0. The van der Waals surface area contributed by atoms with Gasteiger partial charge in [-0.15, -0.1) is 0 Å². The minimum atomic E-state index is -3.62. The molecule has 0 aromatic heterocycles. The molecule has 2 aromatic rings. The van der Waals surface area contributed by atoms with Gasteiger partial charge in [-0.05, 0) is 41.8 Å². The van der Waals surface area contributed by atoms with Crippen molar-refractivity contribution in [2.45, 2.75) is 30.7 Å². The fraction of sp³-hybridized carbons (Fsp3) is 0.429. The Bertz CT molecular complexity index is 848. The van der Waals surface area contributed by atoms with Crippen LogP contribution in [0.15, 0.2) is 53.4 Å². The standard InChI is InChI=1S/C21H27FN2O3S/c1-2-3-17-4-10-20(11-5-17)28(25,26)23-16-21(24-12-14-27-15-13-24)18-6-8-19(22)9-7-18/h4-11,21,23H,2-3,12-16H2,1H3. The highest BCUT2D eigenvalue weighted by molar-refractivity contribution is 7.89. The molecule has 1 heterocycles. The van der Waals surface area contributed by atoms with Crippen LogP contribution < -0.4 is 4.72 Å². The van der Waals surface area contributed by atoms with Gasteiger partial charge in [0.15, 0.2) is 0 Å². The molecule has 3 rings (SSSR count). The number of nitrogens with zero attached hydrogens (tertiary/aromatic N) is 1. The summed E-state index contributed by atoms with van der Waals surface area (Å²) in [5.41, 5.74) is 2.00. The maximum atomic E-state index is 13.3. The van der Waals surface area contributed by atoms with Crippen molar-refractivity contribution < 1.29 is 17.5 Å². The molecule has 1 unspecified atom stereocenters. The second-order valence-electron chi connectivity index (χ2n) is 6.96. The summed E-state index contributed by atoms with van der Waals surface area (Å²) in [6.45, 7) is 4.91. The molecule has 0 amide bonds. The number of ether oxygens (including phenoxy) is 1. The van der Waals surface area contributed by atoms with Gasteiger partial charge in [-0.2, -0.15) is 0 Å². The molecule has 152 valence electrons. The van der Waals surface area contributed by atoms with Gasteiger partial charge in [0, 0.05) is 25.7 Å². The Hall–Kier alpha value is -1.80. The van der Waals surface area contributed by atoms with E-state index in [9.17, 15) is 12.8 Å². The van der Waals surface area contributed by atoms with E-state index in [4.69, 9.17) is 4.74 Å². The Kier molecular flexibility index (Phi) is 7.18. The van der Waals surface area contributed by atoms with Crippen molar-refractivity contribution in [3.63, 3.8) is 0 Å². The summed E-state index contributed by atoms with van der Waals surface area (Å²) in [5, 5.41) is 0. The van der Waals surface area contributed by atoms with Gasteiger partial charge in [0.2, 0.25) is 10.0 Å². The Balaban J connectivity index is 1.75. The predicted octanol–water partition coefficient (Wildman–Crippen LogP) is 3.13. The van der Waals surface area contributed by atoms with E-state index in [1.807, 2.05) is 12.1 Å². The highest BCUT2D eigenvalue weighted by Crippen LogP contribution is 2.22. The lowest BCUT2D eigenvalue weighted by Crippen LogP contribution is -2.43. The Labute approximate surface area is 166 Å². The van der Waals surface area contributed by atoms with Gasteiger partial charge in [-0.3, -0.25) is 4.90 Å². The first kappa shape index (κ1) is 20.9. The molecule has 5 nitrogen and oxygen atoms in total. The molecule has 28 heavy (non-hydrogen) atoms. The van der Waals surface area contributed by atoms with Crippen LogP contribution in [0, 0.1) is 5.82 Å². The molecule has 1 saturated heterocycles. The van der Waals surface area contributed by atoms with Crippen molar-refractivity contribution in [1.82, 2.24) is 9.62 Å². The zero-order chi connectivity index (χ0) is 20.0. The number of nitrogens with one attached hydrogen (secondary N) is 1. The fourth-order valence-corrected chi connectivity index (χ4v) is 4.47. The molecule has 1 aliphatic heterocycles. The van der Waals surface area contributed by atoms with Gasteiger partial charge in [-0.1, -0.05) is 37.6 Å². The summed E-state index contributed by atoms with van der Waals surface area (Å²) in [5.74, 6) is -0.308. The van der Waals surface area contributed by atoms with E-state index >= 15 is 0 Å². The van der Waals surface area contributed by atoms with Crippen LogP contribution in [-0.4, -0.2) is 46.2 Å². The first-order valence-corrected chi connectivity index (χ1v) is 11.1. The van der Waals surface area contributed by atoms with Crippen LogP contribution in [0.3, 0.4) is 0 Å². The lowest BCUT2D eigenvalue weighted by atomic mass is 10.0. The molecule has 0 bridgehead atoms. The van der Waals surface area contributed by atoms with Gasteiger partial charge >= 0.3 is 0 Å². The maximum Gasteiger partial charge on any atom is 0.240 e. The van der Waals surface area contributed by atoms with Crippen LogP contribution in [-0.2, 0) is 21.2 Å². The van der Waals surface area contributed by atoms with Gasteiger partial charge in [0.05, 0.1) is 18.1 Å². The van der Waals surface area contributed by atoms with Crippen LogP contribution >= 0.6 is 0 Å². The van der Waals surface area contributed by atoms with Crippen molar-refractivity contribution in [2.75, 3.05) is 32.8 Å². The number of morpholine rings is 1. The Morgan fingerprint density at radius 1 is 1.07 bits per heavy atom. The van der Waals surface area contributed by atoms with Crippen LogP contribution in [0.5, 0.6) is 0 Å². The van der Waals surface area contributed by atoms with Crippen LogP contribution in [0.25, 0.3) is 0 Å². The molecule has 0 radical (unpaired) electrons. The number of halogens is 1. The van der Waals surface area contributed by atoms with E-state index in [1.165, 1.54) is 12.1 Å². The lowest BCUT2D eigenvalue weighted by Gasteiger charge is -2.34. The van der Waals surface area contributed by atoms with Crippen molar-refractivity contribution >= 4 is 10.0 Å². The summed E-state index contributed by atoms with van der Waals surface area (Å²) in [7, 11) is -3.62. The first-order chi connectivity index (χ1) is 13.5. The van der Waals surface area contributed by atoms with E-state index in [1.54, 1.807) is 24.3 Å². The lowest BCUT2D eigenvalue weighted by molar-refractivity contribution is 0.0172. The first-order valence-electron chi connectivity index (χ1n) is 9.65. The summed E-state index contributed by atoms with van der Waals surface area (Å²) >= 11 is 0. The van der Waals surface area contributed by atoms with E-state index in [0.717, 1.165) is 24.0 Å². The molecular formula is C21H27FN2O3S. The monoisotopic (exact) mass is 406 g/mol. The smallest absolute Gasteiger partial charge is 0.240 e. The largest absolute Gasteiger partial charge is 0.379 e. The molecular weight excluding hydrogens is 379 g/mol. The predicted molar refractivity (Wildman–Crippen MR) is 107 cm³/mol. The quantitative estimate of drug-likeness (QED) is 0.732. The normalized spacial score (nSPS) is 16.8. The van der Waals surface area contributed by atoms with Gasteiger partial charge in [0.25, 0.3) is 0 Å². The van der Waals surface area contributed by atoms with E-state index in [0.29, 0.717) is 26.3 Å². The van der Waals surface area contributed by atoms with E-state index in [-0.39, 0.29) is 23.3 Å². The molecule has 0 saturated carbocycles. The van der Waals surface area contributed by atoms with E-state index in [2.05, 4.69) is 16.5 Å². The number of aryl methyl sites for hydroxylation is 1. The molecule has 7 heteroatoms. The number of hydrogen-bond donors (Lipinski definition) is 1. The number of sulfonamides is 1. The summed E-state index contributed by atoms with van der Waals surface area (Å²) in [4.78, 5) is 2.43. The SMILES string of the molecule is CCCc1ccc(S(=O)(=O)NCC(c2ccc(F)cc2)N2CCOCC2)cc1. The molecule has 0 aliphatic carbocycles. The highest BCUT2D eigenvalue weighted by Gasteiger charge is 2.25. The van der Waals surface area contributed by atoms with Crippen molar-refractivity contribution in [3.05, 3.63) is 65.5 Å². The van der Waals surface area contributed by atoms with Crippen LogP contribution in [0.4, 0.5) is 4.39 Å². The van der Waals surface area contributed by atoms with Gasteiger partial charge in [-0.25, -0.2) is 17.5 Å². The van der Waals surface area contributed by atoms with Gasteiger partial charge < -0.3 is 4.74 Å². The fourth-order valence-electron chi connectivity index (χ4n) is 3.43. The van der Waals surface area contributed by atoms with Crippen molar-refractivity contribution in [1.29, 1.82) is 0 Å². The van der Waals surface area contributed by atoms with Crippen molar-refractivity contribution in [3.8, 4) is 0 Å². The minimum absolute atomic E-state index is 0.182. The topological polar surface area (TPSA) is 58.6 Å².